The van der Waals surface area contributed by atoms with E-state index in [0.717, 1.165) is 13.1 Å². The van der Waals surface area contributed by atoms with Crippen LogP contribution in [0.15, 0.2) is 0 Å². The van der Waals surface area contributed by atoms with Crippen LogP contribution in [-0.4, -0.2) is 30.1 Å². The fraction of sp³-hybridized carbons (Fsp3) is 0.923. The number of hydrogen-bond donors (Lipinski definition) is 1. The second kappa shape index (κ2) is 3.94. The summed E-state index contributed by atoms with van der Waals surface area (Å²) in [6.07, 6.45) is 10.5. The fourth-order valence-electron chi connectivity index (χ4n) is 3.30. The molecular weight excluding hydrogens is 200 g/mol. The lowest BCUT2D eigenvalue weighted by molar-refractivity contribution is 0.120. The number of rotatable bonds is 1. The molecule has 0 aromatic carbocycles. The first-order valence-electron chi connectivity index (χ1n) is 6.83. The van der Waals surface area contributed by atoms with E-state index in [1.165, 1.54) is 51.4 Å². The molecule has 0 bridgehead atoms. The Morgan fingerprint density at radius 3 is 2.25 bits per heavy atom. The Kier molecular flexibility index (Phi) is 2.56. The Morgan fingerprint density at radius 1 is 1.06 bits per heavy atom. The van der Waals surface area contributed by atoms with Gasteiger partial charge in [0.2, 0.25) is 0 Å². The zero-order valence-corrected chi connectivity index (χ0v) is 10.0. The van der Waals surface area contributed by atoms with E-state index in [9.17, 15) is 4.79 Å². The Bertz CT molecular complexity index is 270. The molecule has 2 saturated carbocycles. The van der Waals surface area contributed by atoms with Crippen LogP contribution in [0.1, 0.15) is 51.4 Å². The van der Waals surface area contributed by atoms with Gasteiger partial charge in [-0.2, -0.15) is 0 Å². The van der Waals surface area contributed by atoms with Gasteiger partial charge in [-0.05, 0) is 43.9 Å². The van der Waals surface area contributed by atoms with Crippen molar-refractivity contribution in [2.45, 2.75) is 57.4 Å². The predicted molar refractivity (Wildman–Crippen MR) is 63.3 cm³/mol. The highest BCUT2D eigenvalue weighted by molar-refractivity contribution is 5.75. The van der Waals surface area contributed by atoms with Crippen molar-refractivity contribution in [3.05, 3.63) is 0 Å². The summed E-state index contributed by atoms with van der Waals surface area (Å²) in [7, 11) is 0. The molecule has 0 radical (unpaired) electrons. The predicted octanol–water partition coefficient (Wildman–Crippen LogP) is 2.51. The average molecular weight is 222 g/mol. The minimum absolute atomic E-state index is 0.190. The van der Waals surface area contributed by atoms with Crippen molar-refractivity contribution in [1.82, 2.24) is 10.2 Å². The Morgan fingerprint density at radius 2 is 1.69 bits per heavy atom. The minimum Gasteiger partial charge on any atom is -0.335 e. The summed E-state index contributed by atoms with van der Waals surface area (Å²) < 4.78 is 0. The van der Waals surface area contributed by atoms with Gasteiger partial charge in [-0.25, -0.2) is 4.79 Å². The normalized spacial score (nSPS) is 28.4. The molecule has 1 N–H and O–H groups in total. The first-order chi connectivity index (χ1) is 7.77. The van der Waals surface area contributed by atoms with E-state index < -0.39 is 0 Å². The zero-order chi connectivity index (χ0) is 11.0. The van der Waals surface area contributed by atoms with E-state index in [1.807, 2.05) is 4.90 Å². The molecule has 3 aliphatic rings. The highest BCUT2D eigenvalue weighted by Gasteiger charge is 2.38. The van der Waals surface area contributed by atoms with Crippen molar-refractivity contribution in [3.63, 3.8) is 0 Å². The molecule has 3 fully saturated rings. The van der Waals surface area contributed by atoms with Gasteiger partial charge in [0.1, 0.15) is 0 Å². The van der Waals surface area contributed by atoms with E-state index in [2.05, 4.69) is 5.32 Å². The molecule has 0 atom stereocenters. The molecule has 1 spiro atoms. The van der Waals surface area contributed by atoms with Crippen molar-refractivity contribution in [1.29, 1.82) is 0 Å². The number of nitrogens with one attached hydrogen (secondary N) is 1. The van der Waals surface area contributed by atoms with Crippen LogP contribution in [-0.2, 0) is 0 Å². The molecule has 90 valence electrons. The summed E-state index contributed by atoms with van der Waals surface area (Å²) in [5, 5.41) is 3.09. The lowest BCUT2D eigenvalue weighted by atomic mass is 9.77. The quantitative estimate of drug-likeness (QED) is 0.726. The lowest BCUT2D eigenvalue weighted by Gasteiger charge is -2.39. The van der Waals surface area contributed by atoms with Crippen LogP contribution in [0.4, 0.5) is 4.79 Å². The van der Waals surface area contributed by atoms with Gasteiger partial charge in [0.05, 0.1) is 0 Å². The summed E-state index contributed by atoms with van der Waals surface area (Å²) in [5.74, 6) is 0. The molecule has 1 aliphatic heterocycles. The summed E-state index contributed by atoms with van der Waals surface area (Å²) in [4.78, 5) is 13.9. The van der Waals surface area contributed by atoms with E-state index >= 15 is 0 Å². The summed E-state index contributed by atoms with van der Waals surface area (Å²) >= 11 is 0. The van der Waals surface area contributed by atoms with E-state index in [1.54, 1.807) is 0 Å². The number of carbonyl (C=O) groups is 1. The molecule has 3 rings (SSSR count). The number of carbonyl (C=O) groups excluding carboxylic acids is 1. The summed E-state index contributed by atoms with van der Waals surface area (Å²) in [6, 6.07) is 0.685. The molecule has 16 heavy (non-hydrogen) atoms. The van der Waals surface area contributed by atoms with Crippen molar-refractivity contribution in [2.75, 3.05) is 13.1 Å². The molecule has 2 amide bonds. The first-order valence-corrected chi connectivity index (χ1v) is 6.83. The molecule has 2 aliphatic carbocycles. The molecule has 1 heterocycles. The maximum absolute atomic E-state index is 11.9. The fourth-order valence-corrected chi connectivity index (χ4v) is 3.30. The van der Waals surface area contributed by atoms with Gasteiger partial charge in [-0.1, -0.05) is 12.8 Å². The molecule has 3 heteroatoms. The third-order valence-corrected chi connectivity index (χ3v) is 4.68. The van der Waals surface area contributed by atoms with Crippen molar-refractivity contribution in [2.24, 2.45) is 5.41 Å². The van der Waals surface area contributed by atoms with Gasteiger partial charge >= 0.3 is 6.03 Å². The number of amides is 2. The maximum atomic E-state index is 11.9. The van der Waals surface area contributed by atoms with Crippen molar-refractivity contribution in [3.8, 4) is 0 Å². The van der Waals surface area contributed by atoms with E-state index in [4.69, 9.17) is 0 Å². The molecular formula is C13H22N2O. The van der Waals surface area contributed by atoms with Crippen molar-refractivity contribution >= 4 is 6.03 Å². The Balaban J connectivity index is 1.51. The Hall–Kier alpha value is -0.730. The number of nitrogens with zero attached hydrogens (tertiary/aromatic N) is 1. The van der Waals surface area contributed by atoms with Crippen LogP contribution in [0.2, 0.25) is 0 Å². The third-order valence-electron chi connectivity index (χ3n) is 4.68. The van der Waals surface area contributed by atoms with Crippen LogP contribution in [0, 0.1) is 5.41 Å². The van der Waals surface area contributed by atoms with Gasteiger partial charge in [0.25, 0.3) is 0 Å². The van der Waals surface area contributed by atoms with Crippen LogP contribution < -0.4 is 5.32 Å². The van der Waals surface area contributed by atoms with Crippen molar-refractivity contribution < 1.29 is 4.79 Å². The highest BCUT2D eigenvalue weighted by Crippen LogP contribution is 2.46. The molecule has 3 nitrogen and oxygen atoms in total. The number of hydrogen-bond acceptors (Lipinski definition) is 1. The van der Waals surface area contributed by atoms with E-state index in [0.29, 0.717) is 11.5 Å². The van der Waals surface area contributed by atoms with Crippen LogP contribution >= 0.6 is 0 Å². The van der Waals surface area contributed by atoms with Gasteiger partial charge < -0.3 is 10.2 Å². The van der Waals surface area contributed by atoms with Crippen LogP contribution in [0.25, 0.3) is 0 Å². The summed E-state index contributed by atoms with van der Waals surface area (Å²) in [6.45, 7) is 1.97. The molecule has 1 saturated heterocycles. The average Bonchev–Trinajstić information content (AvgIpc) is 3.00. The van der Waals surface area contributed by atoms with Gasteiger partial charge in [0, 0.05) is 19.1 Å². The number of urea groups is 1. The molecule has 0 aromatic heterocycles. The molecule has 0 aromatic rings. The lowest BCUT2D eigenvalue weighted by Crippen LogP contribution is -2.47. The van der Waals surface area contributed by atoms with Gasteiger partial charge in [-0.3, -0.25) is 0 Å². The Labute approximate surface area is 97.6 Å². The smallest absolute Gasteiger partial charge is 0.317 e. The van der Waals surface area contributed by atoms with Gasteiger partial charge in [0.15, 0.2) is 0 Å². The van der Waals surface area contributed by atoms with Gasteiger partial charge in [-0.15, -0.1) is 0 Å². The largest absolute Gasteiger partial charge is 0.335 e. The monoisotopic (exact) mass is 222 g/mol. The first kappa shape index (κ1) is 10.4. The topological polar surface area (TPSA) is 32.3 Å². The molecule has 0 unspecified atom stereocenters. The highest BCUT2D eigenvalue weighted by atomic mass is 16.2. The second-order valence-electron chi connectivity index (χ2n) is 5.92. The van der Waals surface area contributed by atoms with E-state index in [-0.39, 0.29) is 6.03 Å². The second-order valence-corrected chi connectivity index (χ2v) is 5.92. The summed E-state index contributed by atoms with van der Waals surface area (Å²) in [5.41, 5.74) is 0.621. The zero-order valence-electron chi connectivity index (χ0n) is 10.0. The van der Waals surface area contributed by atoms with Crippen LogP contribution in [0.5, 0.6) is 0 Å². The number of piperidine rings is 1. The number of likely N-dealkylation sites (tertiary alicyclic amines) is 1. The third kappa shape index (κ3) is 2.04. The maximum Gasteiger partial charge on any atom is 0.317 e. The van der Waals surface area contributed by atoms with Crippen LogP contribution in [0.3, 0.4) is 0 Å². The standard InChI is InChI=1S/C13H22N2O/c16-12(14-11-3-4-11)15-9-7-13(8-10-15)5-1-2-6-13/h11H,1-10H2,(H,14,16). The minimum atomic E-state index is 0.190. The SMILES string of the molecule is O=C(NC1CC1)N1CCC2(CCCC2)CC1.